The second-order valence-corrected chi connectivity index (χ2v) is 8.80. The first-order chi connectivity index (χ1) is 12.3. The van der Waals surface area contributed by atoms with Crippen LogP contribution in [0.15, 0.2) is 12.3 Å². The van der Waals surface area contributed by atoms with Gasteiger partial charge in [0.15, 0.2) is 5.65 Å². The number of pyridine rings is 1. The van der Waals surface area contributed by atoms with Gasteiger partial charge in [0.25, 0.3) is 5.91 Å². The van der Waals surface area contributed by atoms with Crippen LogP contribution in [0.3, 0.4) is 0 Å². The molecule has 2 aromatic rings. The number of amides is 1. The fraction of sp³-hybridized carbons (Fsp3) is 0.562. The minimum Gasteiger partial charge on any atom is -0.369 e. The van der Waals surface area contributed by atoms with E-state index in [0.29, 0.717) is 61.9 Å². The largest absolute Gasteiger partial charge is 0.369 e. The van der Waals surface area contributed by atoms with Crippen LogP contribution >= 0.6 is 0 Å². The van der Waals surface area contributed by atoms with Crippen molar-refractivity contribution in [2.24, 2.45) is 0 Å². The molecule has 0 bridgehead atoms. The second-order valence-electron chi connectivity index (χ2n) is 6.54. The predicted molar refractivity (Wildman–Crippen MR) is 99.7 cm³/mol. The number of rotatable bonds is 5. The lowest BCUT2D eigenvalue weighted by molar-refractivity contribution is 0.0644. The Bertz CT molecular complexity index is 915. The number of nitrogen functional groups attached to an aromatic ring is 1. The van der Waals surface area contributed by atoms with Crippen molar-refractivity contribution in [3.63, 3.8) is 0 Å². The summed E-state index contributed by atoms with van der Waals surface area (Å²) in [7, 11) is -2.97. The molecule has 1 amide bonds. The fourth-order valence-corrected chi connectivity index (χ4v) is 3.70. The lowest BCUT2D eigenvalue weighted by atomic mass is 10.2. The van der Waals surface area contributed by atoms with Crippen LogP contribution in [0.4, 0.5) is 5.95 Å². The number of nitrogens with zero attached hydrogens (tertiary/aromatic N) is 5. The van der Waals surface area contributed by atoms with Crippen molar-refractivity contribution in [1.82, 2.24) is 24.3 Å². The molecule has 26 heavy (non-hydrogen) atoms. The van der Waals surface area contributed by atoms with Gasteiger partial charge in [0, 0.05) is 51.7 Å². The number of aryl methyl sites for hydroxylation is 1. The number of piperazine rings is 1. The maximum Gasteiger partial charge on any atom is 0.255 e. The van der Waals surface area contributed by atoms with Crippen molar-refractivity contribution in [3.8, 4) is 0 Å². The van der Waals surface area contributed by atoms with E-state index in [1.54, 1.807) is 21.7 Å². The topological polar surface area (TPSA) is 114 Å². The summed E-state index contributed by atoms with van der Waals surface area (Å²) in [5.74, 6) is 0.439. The number of hydrogen-bond donors (Lipinski definition) is 1. The molecule has 1 saturated heterocycles. The van der Waals surface area contributed by atoms with Crippen molar-refractivity contribution in [2.45, 2.75) is 13.5 Å². The van der Waals surface area contributed by atoms with Crippen LogP contribution in [0.1, 0.15) is 17.3 Å². The highest BCUT2D eigenvalue weighted by atomic mass is 32.2. The third-order valence-corrected chi connectivity index (χ3v) is 5.54. The number of carbonyl (C=O) groups excluding carboxylic acids is 1. The van der Waals surface area contributed by atoms with Gasteiger partial charge in [0.05, 0.1) is 11.3 Å². The maximum absolute atomic E-state index is 12.7. The molecular formula is C16H24N6O3S. The number of nitrogens with two attached hydrogens (primary N) is 1. The van der Waals surface area contributed by atoms with E-state index in [1.807, 2.05) is 6.92 Å². The smallest absolute Gasteiger partial charge is 0.255 e. The molecule has 0 atom stereocenters. The zero-order valence-corrected chi connectivity index (χ0v) is 15.9. The average Bonchev–Trinajstić information content (AvgIpc) is 2.93. The SMILES string of the molecule is CCn1c(N)nc2cc(C(=O)N3CCN(CCS(C)(=O)=O)CC3)cnc21. The van der Waals surface area contributed by atoms with Crippen molar-refractivity contribution in [1.29, 1.82) is 0 Å². The molecule has 9 nitrogen and oxygen atoms in total. The minimum absolute atomic E-state index is 0.0909. The Morgan fingerprint density at radius 1 is 1.27 bits per heavy atom. The quantitative estimate of drug-likeness (QED) is 0.766. The van der Waals surface area contributed by atoms with Gasteiger partial charge in [-0.25, -0.2) is 18.4 Å². The zero-order chi connectivity index (χ0) is 18.9. The Hall–Kier alpha value is -2.20. The summed E-state index contributed by atoms with van der Waals surface area (Å²) < 4.78 is 24.3. The van der Waals surface area contributed by atoms with Gasteiger partial charge in [-0.2, -0.15) is 0 Å². The van der Waals surface area contributed by atoms with Crippen LogP contribution in [0, 0.1) is 0 Å². The minimum atomic E-state index is -2.97. The van der Waals surface area contributed by atoms with Crippen LogP contribution < -0.4 is 5.73 Å². The van der Waals surface area contributed by atoms with E-state index < -0.39 is 9.84 Å². The van der Waals surface area contributed by atoms with E-state index in [0.717, 1.165) is 0 Å². The number of aromatic nitrogens is 3. The van der Waals surface area contributed by atoms with Gasteiger partial charge in [-0.3, -0.25) is 14.3 Å². The first-order valence-corrected chi connectivity index (χ1v) is 10.7. The summed E-state index contributed by atoms with van der Waals surface area (Å²) in [5.41, 5.74) is 7.65. The highest BCUT2D eigenvalue weighted by Crippen LogP contribution is 2.18. The maximum atomic E-state index is 12.7. The molecule has 2 aromatic heterocycles. The summed E-state index contributed by atoms with van der Waals surface area (Å²) >= 11 is 0. The number of anilines is 1. The van der Waals surface area contributed by atoms with Gasteiger partial charge >= 0.3 is 0 Å². The summed E-state index contributed by atoms with van der Waals surface area (Å²) in [6, 6.07) is 1.73. The lowest BCUT2D eigenvalue weighted by Gasteiger charge is -2.34. The van der Waals surface area contributed by atoms with Crippen LogP contribution in [0.25, 0.3) is 11.2 Å². The van der Waals surface area contributed by atoms with E-state index >= 15 is 0 Å². The van der Waals surface area contributed by atoms with Crippen molar-refractivity contribution < 1.29 is 13.2 Å². The molecule has 0 saturated carbocycles. The Balaban J connectivity index is 1.66. The molecule has 3 rings (SSSR count). The van der Waals surface area contributed by atoms with Crippen LogP contribution in [-0.2, 0) is 16.4 Å². The fourth-order valence-electron chi connectivity index (χ4n) is 3.11. The number of hydrogen-bond acceptors (Lipinski definition) is 7. The van der Waals surface area contributed by atoms with E-state index in [1.165, 1.54) is 6.26 Å². The number of fused-ring (bicyclic) bond motifs is 1. The molecule has 0 aromatic carbocycles. The van der Waals surface area contributed by atoms with Crippen molar-refractivity contribution >= 4 is 32.9 Å². The normalized spacial score (nSPS) is 16.3. The summed E-state index contributed by atoms with van der Waals surface area (Å²) in [6.45, 7) is 5.57. The molecule has 1 aliphatic rings. The second kappa shape index (κ2) is 7.20. The number of carbonyl (C=O) groups is 1. The molecule has 142 valence electrons. The van der Waals surface area contributed by atoms with Crippen LogP contribution in [-0.4, -0.2) is 83.4 Å². The molecule has 0 unspecified atom stereocenters. The standard InChI is InChI=1S/C16H24N6O3S/c1-3-22-14-13(19-16(22)17)10-12(11-18-14)15(23)21-6-4-20(5-7-21)8-9-26(2,24)25/h10-11H,3-9H2,1-2H3,(H2,17,19). The first-order valence-electron chi connectivity index (χ1n) is 8.59. The lowest BCUT2D eigenvalue weighted by Crippen LogP contribution is -2.49. The first kappa shape index (κ1) is 18.6. The van der Waals surface area contributed by atoms with Crippen LogP contribution in [0.5, 0.6) is 0 Å². The van der Waals surface area contributed by atoms with E-state index in [9.17, 15) is 13.2 Å². The van der Waals surface area contributed by atoms with Gasteiger partial charge in [0.2, 0.25) is 5.95 Å². The number of sulfone groups is 1. The predicted octanol–water partition coefficient (Wildman–Crippen LogP) is -0.164. The molecular weight excluding hydrogens is 356 g/mol. The monoisotopic (exact) mass is 380 g/mol. The van der Waals surface area contributed by atoms with Crippen molar-refractivity contribution in [2.75, 3.05) is 50.5 Å². The molecule has 2 N–H and O–H groups in total. The highest BCUT2D eigenvalue weighted by Gasteiger charge is 2.23. The Labute approximate surface area is 152 Å². The van der Waals surface area contributed by atoms with Crippen LogP contribution in [0.2, 0.25) is 0 Å². The molecule has 0 radical (unpaired) electrons. The Morgan fingerprint density at radius 2 is 1.96 bits per heavy atom. The summed E-state index contributed by atoms with van der Waals surface area (Å²) in [5, 5.41) is 0. The third-order valence-electron chi connectivity index (χ3n) is 4.62. The van der Waals surface area contributed by atoms with E-state index in [2.05, 4.69) is 14.9 Å². The summed E-state index contributed by atoms with van der Waals surface area (Å²) in [4.78, 5) is 25.2. The molecule has 1 fully saturated rings. The van der Waals surface area contributed by atoms with E-state index in [-0.39, 0.29) is 11.7 Å². The molecule has 3 heterocycles. The number of imidazole rings is 1. The van der Waals surface area contributed by atoms with E-state index in [4.69, 9.17) is 5.73 Å². The van der Waals surface area contributed by atoms with Gasteiger partial charge in [-0.1, -0.05) is 0 Å². The Kier molecular flexibility index (Phi) is 5.15. The molecule has 1 aliphatic heterocycles. The highest BCUT2D eigenvalue weighted by molar-refractivity contribution is 7.90. The van der Waals surface area contributed by atoms with Gasteiger partial charge in [0.1, 0.15) is 15.4 Å². The van der Waals surface area contributed by atoms with Gasteiger partial charge < -0.3 is 10.6 Å². The summed E-state index contributed by atoms with van der Waals surface area (Å²) in [6.07, 6.45) is 2.80. The zero-order valence-electron chi connectivity index (χ0n) is 15.1. The van der Waals surface area contributed by atoms with Gasteiger partial charge in [-0.05, 0) is 13.0 Å². The van der Waals surface area contributed by atoms with Gasteiger partial charge in [-0.15, -0.1) is 0 Å². The third kappa shape index (κ3) is 3.96. The Morgan fingerprint density at radius 3 is 2.58 bits per heavy atom. The molecule has 10 heteroatoms. The molecule has 0 aliphatic carbocycles. The van der Waals surface area contributed by atoms with Crippen molar-refractivity contribution in [3.05, 3.63) is 17.8 Å². The molecule has 0 spiro atoms. The average molecular weight is 380 g/mol.